The molecule has 0 unspecified atom stereocenters. The second-order valence-electron chi connectivity index (χ2n) is 4.32. The molecule has 72 valence electrons. The molecule has 2 rings (SSSR count). The zero-order chi connectivity index (χ0) is 9.47. The van der Waals surface area contributed by atoms with Crippen LogP contribution in [0.2, 0.25) is 0 Å². The van der Waals surface area contributed by atoms with E-state index in [1.165, 1.54) is 6.08 Å². The van der Waals surface area contributed by atoms with Crippen molar-refractivity contribution in [2.24, 2.45) is 5.41 Å². The zero-order valence-electron chi connectivity index (χ0n) is 8.05. The van der Waals surface area contributed by atoms with Gasteiger partial charge < -0.3 is 10.2 Å². The van der Waals surface area contributed by atoms with Gasteiger partial charge in [0.05, 0.1) is 0 Å². The molecular formula is C10H16N2O. The first-order valence-electron chi connectivity index (χ1n) is 4.77. The molecule has 1 saturated carbocycles. The van der Waals surface area contributed by atoms with E-state index in [-0.39, 0.29) is 5.91 Å². The Morgan fingerprint density at radius 1 is 1.62 bits per heavy atom. The Morgan fingerprint density at radius 2 is 2.23 bits per heavy atom. The van der Waals surface area contributed by atoms with Gasteiger partial charge in [0.2, 0.25) is 5.91 Å². The van der Waals surface area contributed by atoms with Crippen LogP contribution in [0.3, 0.4) is 0 Å². The highest BCUT2D eigenvalue weighted by atomic mass is 16.2. The third-order valence-electron chi connectivity index (χ3n) is 3.41. The third-order valence-corrected chi connectivity index (χ3v) is 3.41. The van der Waals surface area contributed by atoms with Crippen molar-refractivity contribution in [1.29, 1.82) is 0 Å². The van der Waals surface area contributed by atoms with Gasteiger partial charge in [-0.15, -0.1) is 0 Å². The van der Waals surface area contributed by atoms with Crippen molar-refractivity contribution in [3.05, 3.63) is 12.7 Å². The van der Waals surface area contributed by atoms with Crippen LogP contribution in [0.5, 0.6) is 0 Å². The maximum absolute atomic E-state index is 11.3. The van der Waals surface area contributed by atoms with Crippen LogP contribution in [0.4, 0.5) is 0 Å². The Morgan fingerprint density at radius 3 is 2.62 bits per heavy atom. The Labute approximate surface area is 78.8 Å². The maximum atomic E-state index is 11.3. The number of hydrogen-bond donors (Lipinski definition) is 1. The topological polar surface area (TPSA) is 32.3 Å². The molecule has 1 aliphatic carbocycles. The lowest BCUT2D eigenvalue weighted by Crippen LogP contribution is -2.65. The minimum atomic E-state index is 0.0483. The lowest BCUT2D eigenvalue weighted by atomic mass is 9.61. The molecule has 0 aromatic rings. The van der Waals surface area contributed by atoms with Crippen molar-refractivity contribution in [3.8, 4) is 0 Å². The SMILES string of the molecule is C=CC(=O)N(C)C1CC2(CNC2)C1. The van der Waals surface area contributed by atoms with Crippen LogP contribution in [0.1, 0.15) is 12.8 Å². The van der Waals surface area contributed by atoms with Crippen molar-refractivity contribution < 1.29 is 4.79 Å². The second-order valence-corrected chi connectivity index (χ2v) is 4.32. The molecule has 3 nitrogen and oxygen atoms in total. The Kier molecular flexibility index (Phi) is 1.91. The van der Waals surface area contributed by atoms with E-state index in [1.54, 1.807) is 0 Å². The highest BCUT2D eigenvalue weighted by Crippen LogP contribution is 2.46. The number of nitrogens with zero attached hydrogens (tertiary/aromatic N) is 1. The van der Waals surface area contributed by atoms with E-state index in [9.17, 15) is 4.79 Å². The van der Waals surface area contributed by atoms with Crippen LogP contribution >= 0.6 is 0 Å². The fraction of sp³-hybridized carbons (Fsp3) is 0.700. The van der Waals surface area contributed by atoms with Gasteiger partial charge in [-0.3, -0.25) is 4.79 Å². The summed E-state index contributed by atoms with van der Waals surface area (Å²) in [5.74, 6) is 0.0483. The standard InChI is InChI=1S/C10H16N2O/c1-3-9(13)12(2)8-4-10(5-8)6-11-7-10/h3,8,11H,1,4-7H2,2H3. The quantitative estimate of drug-likeness (QED) is 0.623. The lowest BCUT2D eigenvalue weighted by molar-refractivity contribution is -0.133. The van der Waals surface area contributed by atoms with Crippen LogP contribution < -0.4 is 5.32 Å². The van der Waals surface area contributed by atoms with Gasteiger partial charge in [-0.05, 0) is 24.3 Å². The third kappa shape index (κ3) is 1.27. The average Bonchev–Trinajstić information content (AvgIpc) is 1.97. The van der Waals surface area contributed by atoms with Gasteiger partial charge >= 0.3 is 0 Å². The molecule has 0 bridgehead atoms. The molecule has 1 aliphatic heterocycles. The number of carbonyl (C=O) groups excluding carboxylic acids is 1. The molecule has 13 heavy (non-hydrogen) atoms. The minimum Gasteiger partial charge on any atom is -0.339 e. The van der Waals surface area contributed by atoms with Gasteiger partial charge in [0.25, 0.3) is 0 Å². The predicted molar refractivity (Wildman–Crippen MR) is 51.3 cm³/mol. The van der Waals surface area contributed by atoms with Crippen LogP contribution in [0.25, 0.3) is 0 Å². The number of amides is 1. The smallest absolute Gasteiger partial charge is 0.245 e. The molecule has 1 N–H and O–H groups in total. The number of nitrogens with one attached hydrogen (secondary N) is 1. The van der Waals surface area contributed by atoms with E-state index in [2.05, 4.69) is 11.9 Å². The molecule has 0 aromatic carbocycles. The molecular weight excluding hydrogens is 164 g/mol. The Bertz CT molecular complexity index is 237. The van der Waals surface area contributed by atoms with E-state index < -0.39 is 0 Å². The summed E-state index contributed by atoms with van der Waals surface area (Å²) in [4.78, 5) is 13.1. The van der Waals surface area contributed by atoms with Crippen molar-refractivity contribution in [1.82, 2.24) is 10.2 Å². The summed E-state index contributed by atoms with van der Waals surface area (Å²) in [6.45, 7) is 5.77. The van der Waals surface area contributed by atoms with Crippen molar-refractivity contribution in [2.75, 3.05) is 20.1 Å². The molecule has 2 fully saturated rings. The molecule has 2 aliphatic rings. The summed E-state index contributed by atoms with van der Waals surface area (Å²) in [5.41, 5.74) is 0.542. The van der Waals surface area contributed by atoms with Crippen molar-refractivity contribution in [2.45, 2.75) is 18.9 Å². The summed E-state index contributed by atoms with van der Waals surface area (Å²) >= 11 is 0. The summed E-state index contributed by atoms with van der Waals surface area (Å²) in [6.07, 6.45) is 3.72. The molecule has 0 radical (unpaired) electrons. The summed E-state index contributed by atoms with van der Waals surface area (Å²) in [6, 6.07) is 0.451. The number of rotatable bonds is 2. The van der Waals surface area contributed by atoms with Gasteiger partial charge in [0, 0.05) is 26.2 Å². The second kappa shape index (κ2) is 2.84. The van der Waals surface area contributed by atoms with Crippen LogP contribution in [0.15, 0.2) is 12.7 Å². The number of likely N-dealkylation sites (N-methyl/N-ethyl adjacent to an activating group) is 1. The first-order valence-corrected chi connectivity index (χ1v) is 4.77. The average molecular weight is 180 g/mol. The van der Waals surface area contributed by atoms with E-state index in [1.807, 2.05) is 11.9 Å². The van der Waals surface area contributed by atoms with Gasteiger partial charge in [-0.1, -0.05) is 6.58 Å². The molecule has 0 atom stereocenters. The summed E-state index contributed by atoms with van der Waals surface area (Å²) < 4.78 is 0. The van der Waals surface area contributed by atoms with Crippen LogP contribution in [0, 0.1) is 5.41 Å². The highest BCUT2D eigenvalue weighted by molar-refractivity contribution is 5.87. The molecule has 1 amide bonds. The number of hydrogen-bond acceptors (Lipinski definition) is 2. The lowest BCUT2D eigenvalue weighted by Gasteiger charge is -2.56. The maximum Gasteiger partial charge on any atom is 0.245 e. The van der Waals surface area contributed by atoms with Gasteiger partial charge in [0.1, 0.15) is 0 Å². The first kappa shape index (κ1) is 8.75. The van der Waals surface area contributed by atoms with Gasteiger partial charge in [0.15, 0.2) is 0 Å². The first-order chi connectivity index (χ1) is 6.17. The summed E-state index contributed by atoms with van der Waals surface area (Å²) in [5, 5.41) is 3.28. The minimum absolute atomic E-state index is 0.0483. The fourth-order valence-electron chi connectivity index (χ4n) is 2.30. The van der Waals surface area contributed by atoms with Gasteiger partial charge in [-0.25, -0.2) is 0 Å². The van der Waals surface area contributed by atoms with Crippen molar-refractivity contribution in [3.63, 3.8) is 0 Å². The molecule has 1 saturated heterocycles. The molecule has 1 heterocycles. The largest absolute Gasteiger partial charge is 0.339 e. The number of carbonyl (C=O) groups is 1. The normalized spacial score (nSPS) is 24.7. The fourth-order valence-corrected chi connectivity index (χ4v) is 2.30. The highest BCUT2D eigenvalue weighted by Gasteiger charge is 2.50. The predicted octanol–water partition coefficient (Wildman–Crippen LogP) is 0.383. The van der Waals surface area contributed by atoms with Gasteiger partial charge in [-0.2, -0.15) is 0 Å². The van der Waals surface area contributed by atoms with E-state index in [0.717, 1.165) is 25.9 Å². The monoisotopic (exact) mass is 180 g/mol. The van der Waals surface area contributed by atoms with Crippen molar-refractivity contribution >= 4 is 5.91 Å². The van der Waals surface area contributed by atoms with Crippen LogP contribution in [-0.4, -0.2) is 37.0 Å². The van der Waals surface area contributed by atoms with E-state index >= 15 is 0 Å². The van der Waals surface area contributed by atoms with E-state index in [0.29, 0.717) is 11.5 Å². The molecule has 1 spiro atoms. The molecule has 3 heteroatoms. The summed E-state index contributed by atoms with van der Waals surface area (Å²) in [7, 11) is 1.87. The Hall–Kier alpha value is -0.830. The molecule has 0 aromatic heterocycles. The van der Waals surface area contributed by atoms with Crippen LogP contribution in [-0.2, 0) is 4.79 Å². The van der Waals surface area contributed by atoms with E-state index in [4.69, 9.17) is 0 Å². The zero-order valence-corrected chi connectivity index (χ0v) is 8.05. The Balaban J connectivity index is 1.85.